The van der Waals surface area contributed by atoms with Crippen LogP contribution in [0.25, 0.3) is 0 Å². The maximum absolute atomic E-state index is 5.86. The van der Waals surface area contributed by atoms with Crippen molar-refractivity contribution in [1.82, 2.24) is 10.3 Å². The Labute approximate surface area is 123 Å². The van der Waals surface area contributed by atoms with Gasteiger partial charge in [0.05, 0.1) is 11.8 Å². The zero-order valence-corrected chi connectivity index (χ0v) is 13.3. The van der Waals surface area contributed by atoms with Crippen LogP contribution in [-0.4, -0.2) is 23.7 Å². The second-order valence-corrected chi connectivity index (χ2v) is 5.94. The maximum atomic E-state index is 5.86. The number of hydrogen-bond donors (Lipinski definition) is 1. The average Bonchev–Trinajstić information content (AvgIpc) is 2.49. The first-order valence-electron chi connectivity index (χ1n) is 7.93. The van der Waals surface area contributed by atoms with Crippen LogP contribution < -0.4 is 5.32 Å². The number of ether oxygens (including phenoxy) is 1. The smallest absolute Gasteiger partial charge is 0.0658 e. The Morgan fingerprint density at radius 2 is 2.20 bits per heavy atom. The fourth-order valence-electron chi connectivity index (χ4n) is 3.24. The summed E-state index contributed by atoms with van der Waals surface area (Å²) >= 11 is 0. The number of rotatable bonds is 7. The summed E-state index contributed by atoms with van der Waals surface area (Å²) in [5, 5.41) is 3.70. The van der Waals surface area contributed by atoms with Gasteiger partial charge < -0.3 is 10.1 Å². The molecule has 3 unspecified atom stereocenters. The van der Waals surface area contributed by atoms with E-state index in [1.807, 2.05) is 12.3 Å². The van der Waals surface area contributed by atoms with Crippen LogP contribution in [0, 0.1) is 5.41 Å². The van der Waals surface area contributed by atoms with E-state index in [2.05, 4.69) is 44.1 Å². The van der Waals surface area contributed by atoms with E-state index < -0.39 is 0 Å². The predicted molar refractivity (Wildman–Crippen MR) is 82.7 cm³/mol. The van der Waals surface area contributed by atoms with Gasteiger partial charge in [0.2, 0.25) is 0 Å². The van der Waals surface area contributed by atoms with Crippen molar-refractivity contribution < 1.29 is 4.74 Å². The fourth-order valence-corrected chi connectivity index (χ4v) is 3.24. The van der Waals surface area contributed by atoms with E-state index in [0.717, 1.165) is 32.4 Å². The summed E-state index contributed by atoms with van der Waals surface area (Å²) < 4.78 is 5.86. The van der Waals surface area contributed by atoms with Crippen molar-refractivity contribution in [1.29, 1.82) is 0 Å². The van der Waals surface area contributed by atoms with E-state index in [0.29, 0.717) is 12.1 Å². The molecule has 3 atom stereocenters. The van der Waals surface area contributed by atoms with Gasteiger partial charge in [0.1, 0.15) is 0 Å². The molecule has 0 spiro atoms. The maximum Gasteiger partial charge on any atom is 0.0658 e. The van der Waals surface area contributed by atoms with E-state index in [-0.39, 0.29) is 5.41 Å². The molecular formula is C17H28N2O. The van der Waals surface area contributed by atoms with Gasteiger partial charge in [-0.3, -0.25) is 4.98 Å². The molecule has 1 aromatic heterocycles. The van der Waals surface area contributed by atoms with Crippen molar-refractivity contribution in [3.63, 3.8) is 0 Å². The van der Waals surface area contributed by atoms with Gasteiger partial charge in [0.25, 0.3) is 0 Å². The molecule has 112 valence electrons. The third-order valence-corrected chi connectivity index (χ3v) is 4.99. The summed E-state index contributed by atoms with van der Waals surface area (Å²) in [5.41, 5.74) is 2.80. The first-order valence-corrected chi connectivity index (χ1v) is 7.93. The number of hydrogen-bond acceptors (Lipinski definition) is 3. The molecule has 3 heteroatoms. The lowest BCUT2D eigenvalue weighted by molar-refractivity contribution is -0.126. The van der Waals surface area contributed by atoms with Crippen LogP contribution >= 0.6 is 0 Å². The SMILES string of the molecule is CCOC1CC(NCc2ncccc2CC)C1(C)CC. The Morgan fingerprint density at radius 3 is 2.85 bits per heavy atom. The third kappa shape index (κ3) is 2.89. The van der Waals surface area contributed by atoms with Crippen LogP contribution in [0.4, 0.5) is 0 Å². The number of nitrogens with one attached hydrogen (secondary N) is 1. The van der Waals surface area contributed by atoms with Crippen molar-refractivity contribution >= 4 is 0 Å². The second-order valence-electron chi connectivity index (χ2n) is 5.94. The molecule has 1 N–H and O–H groups in total. The van der Waals surface area contributed by atoms with Gasteiger partial charge in [-0.05, 0) is 37.8 Å². The molecule has 1 fully saturated rings. The summed E-state index contributed by atoms with van der Waals surface area (Å²) in [6.07, 6.45) is 5.61. The Bertz CT molecular complexity index is 435. The quantitative estimate of drug-likeness (QED) is 0.829. The van der Waals surface area contributed by atoms with Crippen molar-refractivity contribution in [2.75, 3.05) is 6.61 Å². The number of nitrogens with zero attached hydrogens (tertiary/aromatic N) is 1. The molecular weight excluding hydrogens is 248 g/mol. The molecule has 0 aromatic carbocycles. The van der Waals surface area contributed by atoms with Gasteiger partial charge in [-0.25, -0.2) is 0 Å². The molecule has 3 nitrogen and oxygen atoms in total. The molecule has 1 aromatic rings. The minimum absolute atomic E-state index is 0.261. The molecule has 1 heterocycles. The van der Waals surface area contributed by atoms with E-state index in [1.54, 1.807) is 0 Å². The topological polar surface area (TPSA) is 34.1 Å². The fraction of sp³-hybridized carbons (Fsp3) is 0.706. The van der Waals surface area contributed by atoms with Gasteiger partial charge in [-0.1, -0.05) is 26.8 Å². The molecule has 1 aliphatic carbocycles. The van der Waals surface area contributed by atoms with Gasteiger partial charge in [0.15, 0.2) is 0 Å². The third-order valence-electron chi connectivity index (χ3n) is 4.99. The molecule has 1 aliphatic rings. The summed E-state index contributed by atoms with van der Waals surface area (Å²) in [6, 6.07) is 4.73. The van der Waals surface area contributed by atoms with Crippen LogP contribution in [0.3, 0.4) is 0 Å². The first kappa shape index (κ1) is 15.5. The minimum atomic E-state index is 0.261. The summed E-state index contributed by atoms with van der Waals surface area (Å²) in [7, 11) is 0. The van der Waals surface area contributed by atoms with Crippen LogP contribution in [-0.2, 0) is 17.7 Å². The Kier molecular flexibility index (Phi) is 5.17. The molecule has 0 bridgehead atoms. The van der Waals surface area contributed by atoms with E-state index in [4.69, 9.17) is 4.74 Å². The highest BCUT2D eigenvalue weighted by atomic mass is 16.5. The van der Waals surface area contributed by atoms with Crippen LogP contribution in [0.2, 0.25) is 0 Å². The van der Waals surface area contributed by atoms with E-state index in [9.17, 15) is 0 Å². The highest BCUT2D eigenvalue weighted by molar-refractivity contribution is 5.20. The molecule has 0 radical (unpaired) electrons. The number of pyridine rings is 1. The number of aromatic nitrogens is 1. The monoisotopic (exact) mass is 276 g/mol. The zero-order valence-electron chi connectivity index (χ0n) is 13.3. The van der Waals surface area contributed by atoms with Gasteiger partial charge in [-0.15, -0.1) is 0 Å². The normalized spacial score (nSPS) is 29.2. The lowest BCUT2D eigenvalue weighted by Gasteiger charge is -2.53. The number of aryl methyl sites for hydroxylation is 1. The summed E-state index contributed by atoms with van der Waals surface area (Å²) in [4.78, 5) is 4.52. The highest BCUT2D eigenvalue weighted by Crippen LogP contribution is 2.45. The van der Waals surface area contributed by atoms with Gasteiger partial charge >= 0.3 is 0 Å². The van der Waals surface area contributed by atoms with Crippen molar-refractivity contribution in [3.05, 3.63) is 29.6 Å². The van der Waals surface area contributed by atoms with Crippen LogP contribution in [0.1, 0.15) is 51.8 Å². The molecule has 20 heavy (non-hydrogen) atoms. The van der Waals surface area contributed by atoms with Crippen LogP contribution in [0.15, 0.2) is 18.3 Å². The highest BCUT2D eigenvalue weighted by Gasteiger charge is 2.50. The molecule has 0 aliphatic heterocycles. The van der Waals surface area contributed by atoms with Crippen molar-refractivity contribution in [2.24, 2.45) is 5.41 Å². The lowest BCUT2D eigenvalue weighted by atomic mass is 9.61. The van der Waals surface area contributed by atoms with Gasteiger partial charge in [-0.2, -0.15) is 0 Å². The Morgan fingerprint density at radius 1 is 1.40 bits per heavy atom. The summed E-state index contributed by atoms with van der Waals surface area (Å²) in [6.45, 7) is 10.5. The van der Waals surface area contributed by atoms with E-state index >= 15 is 0 Å². The predicted octanol–water partition coefficient (Wildman–Crippen LogP) is 3.33. The average molecular weight is 276 g/mol. The Hall–Kier alpha value is -0.930. The van der Waals surface area contributed by atoms with Gasteiger partial charge in [0, 0.05) is 30.8 Å². The van der Waals surface area contributed by atoms with E-state index in [1.165, 1.54) is 11.3 Å². The summed E-state index contributed by atoms with van der Waals surface area (Å²) in [5.74, 6) is 0. The first-order chi connectivity index (χ1) is 9.65. The standard InChI is InChI=1S/C17H28N2O/c1-5-13-9-8-10-18-14(13)12-19-15-11-16(20-7-3)17(15,4)6-2/h8-10,15-16,19H,5-7,11-12H2,1-4H3. The zero-order chi connectivity index (χ0) is 14.6. The molecule has 0 amide bonds. The largest absolute Gasteiger partial charge is 0.378 e. The lowest BCUT2D eigenvalue weighted by Crippen LogP contribution is -2.62. The molecule has 1 saturated carbocycles. The van der Waals surface area contributed by atoms with Crippen molar-refractivity contribution in [2.45, 2.75) is 65.6 Å². The van der Waals surface area contributed by atoms with Crippen molar-refractivity contribution in [3.8, 4) is 0 Å². The van der Waals surface area contributed by atoms with Crippen LogP contribution in [0.5, 0.6) is 0 Å². The minimum Gasteiger partial charge on any atom is -0.378 e. The molecule has 2 rings (SSSR count). The molecule has 0 saturated heterocycles. The Balaban J connectivity index is 1.95. The second kappa shape index (κ2) is 6.68.